The zero-order valence-electron chi connectivity index (χ0n) is 25.2. The van der Waals surface area contributed by atoms with Gasteiger partial charge < -0.3 is 10.2 Å². The average Bonchev–Trinajstić information content (AvgIpc) is 2.93. The van der Waals surface area contributed by atoms with Crippen molar-refractivity contribution in [2.75, 3.05) is 17.1 Å². The fourth-order valence-electron chi connectivity index (χ4n) is 7.89. The molecule has 7 nitrogen and oxygen atoms in total. The molecule has 4 aliphatic carbocycles. The Morgan fingerprint density at radius 1 is 0.952 bits per heavy atom. The molecule has 0 unspecified atom stereocenters. The Balaban J connectivity index is 1.38. The summed E-state index contributed by atoms with van der Waals surface area (Å²) < 4.78 is 27.2. The monoisotopic (exact) mass is 613 g/mol. The van der Waals surface area contributed by atoms with Gasteiger partial charge in [-0.1, -0.05) is 42.8 Å². The number of carbonyl (C=O) groups is 2. The largest absolute Gasteiger partial charge is 0.352 e. The highest BCUT2D eigenvalue weighted by Crippen LogP contribution is 2.60. The second kappa shape index (κ2) is 12.2. The number of halogens is 1. The molecule has 0 radical (unpaired) electrons. The Hall–Kier alpha value is -2.58. The van der Waals surface area contributed by atoms with Crippen LogP contribution in [0, 0.1) is 17.8 Å². The maximum atomic E-state index is 13.9. The van der Waals surface area contributed by atoms with Gasteiger partial charge in [0.25, 0.3) is 0 Å². The molecule has 1 N–H and O–H groups in total. The van der Waals surface area contributed by atoms with Gasteiger partial charge in [-0.25, -0.2) is 8.42 Å². The van der Waals surface area contributed by atoms with E-state index in [0.717, 1.165) is 40.3 Å². The number of rotatable bonds is 11. The minimum absolute atomic E-state index is 0.0487. The van der Waals surface area contributed by atoms with Crippen LogP contribution in [-0.2, 0) is 31.6 Å². The number of nitrogens with zero attached hydrogens (tertiary/aromatic N) is 2. The molecule has 0 saturated heterocycles. The van der Waals surface area contributed by atoms with Crippen molar-refractivity contribution < 1.29 is 18.0 Å². The molecule has 4 fully saturated rings. The summed E-state index contributed by atoms with van der Waals surface area (Å²) in [5.41, 5.74) is 2.75. The number of nitrogens with one attached hydrogen (secondary N) is 1. The van der Waals surface area contributed by atoms with Gasteiger partial charge in [-0.2, -0.15) is 0 Å². The van der Waals surface area contributed by atoms with Crippen LogP contribution in [0.25, 0.3) is 0 Å². The zero-order valence-corrected chi connectivity index (χ0v) is 26.8. The highest BCUT2D eigenvalue weighted by molar-refractivity contribution is 7.92. The van der Waals surface area contributed by atoms with Crippen LogP contribution in [0.3, 0.4) is 0 Å². The molecule has 4 aliphatic rings. The number of carbonyl (C=O) groups excluding carboxylic acids is 2. The maximum absolute atomic E-state index is 13.9. The molecule has 0 spiro atoms. The van der Waals surface area contributed by atoms with Crippen molar-refractivity contribution >= 4 is 39.1 Å². The lowest BCUT2D eigenvalue weighted by Crippen LogP contribution is -2.52. The number of hydrogen-bond donors (Lipinski definition) is 1. The van der Waals surface area contributed by atoms with Gasteiger partial charge in [0.2, 0.25) is 21.8 Å². The predicted molar refractivity (Wildman–Crippen MR) is 168 cm³/mol. The van der Waals surface area contributed by atoms with Crippen LogP contribution in [0.5, 0.6) is 0 Å². The molecule has 2 atom stereocenters. The molecule has 4 saturated carbocycles. The van der Waals surface area contributed by atoms with Gasteiger partial charge in [-0.15, -0.1) is 0 Å². The Morgan fingerprint density at radius 2 is 1.50 bits per heavy atom. The fourth-order valence-corrected chi connectivity index (χ4v) is 8.87. The minimum atomic E-state index is -3.78. The highest BCUT2D eigenvalue weighted by atomic mass is 35.5. The third kappa shape index (κ3) is 6.65. The van der Waals surface area contributed by atoms with Gasteiger partial charge in [0.15, 0.2) is 0 Å². The Bertz CT molecular complexity index is 1360. The molecule has 6 rings (SSSR count). The van der Waals surface area contributed by atoms with Crippen LogP contribution < -0.4 is 9.62 Å². The number of sulfonamides is 1. The highest BCUT2D eigenvalue weighted by Gasteiger charge is 2.51. The van der Waals surface area contributed by atoms with E-state index in [4.69, 9.17) is 11.6 Å². The molecule has 2 aromatic rings. The summed E-state index contributed by atoms with van der Waals surface area (Å²) in [5.74, 6) is 1.71. The van der Waals surface area contributed by atoms with E-state index in [1.807, 2.05) is 26.0 Å². The van der Waals surface area contributed by atoms with E-state index in [2.05, 4.69) is 17.4 Å². The number of benzene rings is 2. The van der Waals surface area contributed by atoms with Crippen molar-refractivity contribution in [3.05, 3.63) is 64.7 Å². The van der Waals surface area contributed by atoms with Crippen molar-refractivity contribution in [1.29, 1.82) is 0 Å². The first-order chi connectivity index (χ1) is 19.9. The first-order valence-corrected chi connectivity index (χ1v) is 17.5. The second-order valence-corrected chi connectivity index (χ2v) is 15.5. The molecular weight excluding hydrogens is 570 g/mol. The van der Waals surface area contributed by atoms with Crippen LogP contribution in [0.2, 0.25) is 5.02 Å². The molecular formula is C33H44ClN3O4S. The minimum Gasteiger partial charge on any atom is -0.352 e. The standard InChI is InChI=1S/C33H44ClN3O4S/c1-5-22(2)35-32(39)23(3)36(20-24-6-10-29(34)11-7-24)31(38)21-37(42(4,40)41)30-12-8-28(9-13-30)33-17-25-14-26(18-33)16-27(15-25)19-33/h6-13,22-23,25-27H,5,14-21H2,1-4H3,(H,35,39)/t22-,23-,25?,26?,27?,33?/m0/s1. The van der Waals surface area contributed by atoms with E-state index in [1.165, 1.54) is 49.0 Å². The lowest BCUT2D eigenvalue weighted by atomic mass is 9.48. The molecule has 9 heteroatoms. The third-order valence-electron chi connectivity index (χ3n) is 9.92. The summed E-state index contributed by atoms with van der Waals surface area (Å²) in [7, 11) is -3.78. The normalized spacial score (nSPS) is 26.0. The topological polar surface area (TPSA) is 86.8 Å². The molecule has 0 aromatic heterocycles. The molecule has 228 valence electrons. The first-order valence-electron chi connectivity index (χ1n) is 15.3. The molecule has 2 amide bonds. The number of amides is 2. The SMILES string of the molecule is CC[C@H](C)NC(=O)[C@H](C)N(Cc1ccc(Cl)cc1)C(=O)CN(c1ccc(C23CC4CC(CC(C4)C2)C3)cc1)S(C)(=O)=O. The smallest absolute Gasteiger partial charge is 0.244 e. The maximum Gasteiger partial charge on any atom is 0.244 e. The average molecular weight is 614 g/mol. The van der Waals surface area contributed by atoms with Gasteiger partial charge >= 0.3 is 0 Å². The molecule has 42 heavy (non-hydrogen) atoms. The number of hydrogen-bond acceptors (Lipinski definition) is 4. The molecule has 2 aromatic carbocycles. The van der Waals surface area contributed by atoms with Crippen molar-refractivity contribution in [3.8, 4) is 0 Å². The van der Waals surface area contributed by atoms with E-state index >= 15 is 0 Å². The second-order valence-electron chi connectivity index (χ2n) is 13.2. The summed E-state index contributed by atoms with van der Waals surface area (Å²) in [6.45, 7) is 5.31. The van der Waals surface area contributed by atoms with Gasteiger partial charge in [0.05, 0.1) is 11.9 Å². The van der Waals surface area contributed by atoms with E-state index < -0.39 is 28.5 Å². The zero-order chi connectivity index (χ0) is 30.2. The van der Waals surface area contributed by atoms with Gasteiger partial charge in [-0.3, -0.25) is 13.9 Å². The van der Waals surface area contributed by atoms with E-state index in [-0.39, 0.29) is 23.9 Å². The van der Waals surface area contributed by atoms with Gasteiger partial charge in [-0.05, 0) is 117 Å². The van der Waals surface area contributed by atoms with E-state index in [0.29, 0.717) is 10.7 Å². The van der Waals surface area contributed by atoms with E-state index in [1.54, 1.807) is 31.2 Å². The quantitative estimate of drug-likeness (QED) is 0.342. The Kier molecular flexibility index (Phi) is 8.96. The fraction of sp³-hybridized carbons (Fsp3) is 0.576. The van der Waals surface area contributed by atoms with Crippen LogP contribution in [0.15, 0.2) is 48.5 Å². The Labute approximate surface area is 256 Å². The van der Waals surface area contributed by atoms with Crippen molar-refractivity contribution in [3.63, 3.8) is 0 Å². The summed E-state index contributed by atoms with van der Waals surface area (Å²) in [6, 6.07) is 14.1. The summed E-state index contributed by atoms with van der Waals surface area (Å²) in [5, 5.41) is 3.52. The van der Waals surface area contributed by atoms with Crippen LogP contribution in [0.1, 0.15) is 76.8 Å². The number of anilines is 1. The summed E-state index contributed by atoms with van der Waals surface area (Å²) in [6.07, 6.45) is 9.64. The van der Waals surface area contributed by atoms with E-state index in [9.17, 15) is 18.0 Å². The van der Waals surface area contributed by atoms with Gasteiger partial charge in [0, 0.05) is 17.6 Å². The van der Waals surface area contributed by atoms with Crippen molar-refractivity contribution in [2.24, 2.45) is 17.8 Å². The van der Waals surface area contributed by atoms with Crippen LogP contribution in [0.4, 0.5) is 5.69 Å². The van der Waals surface area contributed by atoms with Crippen LogP contribution >= 0.6 is 11.6 Å². The lowest BCUT2D eigenvalue weighted by Gasteiger charge is -2.57. The van der Waals surface area contributed by atoms with Crippen molar-refractivity contribution in [2.45, 2.75) is 89.8 Å². The first kappa shape index (κ1) is 30.9. The molecule has 0 aliphatic heterocycles. The predicted octanol–water partition coefficient (Wildman–Crippen LogP) is 5.91. The molecule has 0 heterocycles. The third-order valence-corrected chi connectivity index (χ3v) is 11.3. The van der Waals surface area contributed by atoms with Crippen LogP contribution in [-0.4, -0.2) is 50.0 Å². The summed E-state index contributed by atoms with van der Waals surface area (Å²) in [4.78, 5) is 28.4. The lowest BCUT2D eigenvalue weighted by molar-refractivity contribution is -0.139. The van der Waals surface area contributed by atoms with Gasteiger partial charge in [0.1, 0.15) is 12.6 Å². The van der Waals surface area contributed by atoms with Crippen molar-refractivity contribution in [1.82, 2.24) is 10.2 Å². The Morgan fingerprint density at radius 3 is 2.00 bits per heavy atom. The summed E-state index contributed by atoms with van der Waals surface area (Å²) >= 11 is 6.06. The molecule has 4 bridgehead atoms.